The predicted octanol–water partition coefficient (Wildman–Crippen LogP) is 5.13. The monoisotopic (exact) mass is 627 g/mol. The minimum atomic E-state index is -4.09. The van der Waals surface area contributed by atoms with E-state index in [1.807, 2.05) is 12.1 Å². The van der Waals surface area contributed by atoms with Gasteiger partial charge in [-0.3, -0.25) is 13.9 Å². The first-order chi connectivity index (χ1) is 19.2. The average Bonchev–Trinajstić information content (AvgIpc) is 3.48. The second kappa shape index (κ2) is 13.3. The van der Waals surface area contributed by atoms with Gasteiger partial charge in [0.15, 0.2) is 0 Å². The zero-order valence-corrected chi connectivity index (χ0v) is 25.0. The van der Waals surface area contributed by atoms with Gasteiger partial charge in [-0.05, 0) is 73.9 Å². The third kappa shape index (κ3) is 7.22. The van der Waals surface area contributed by atoms with E-state index in [4.69, 9.17) is 4.74 Å². The maximum Gasteiger partial charge on any atom is 0.264 e. The second-order valence-electron chi connectivity index (χ2n) is 9.84. The Labute approximate surface area is 244 Å². The number of nitrogens with zero attached hydrogens (tertiary/aromatic N) is 2. The van der Waals surface area contributed by atoms with E-state index in [2.05, 4.69) is 21.2 Å². The number of hydrogen-bond acceptors (Lipinski definition) is 5. The van der Waals surface area contributed by atoms with Crippen molar-refractivity contribution in [1.29, 1.82) is 0 Å². The summed E-state index contributed by atoms with van der Waals surface area (Å²) >= 11 is 3.39. The quantitative estimate of drug-likeness (QED) is 0.318. The minimum absolute atomic E-state index is 0.0689. The molecule has 40 heavy (non-hydrogen) atoms. The number of hydrogen-bond donors (Lipinski definition) is 1. The molecule has 10 heteroatoms. The van der Waals surface area contributed by atoms with Crippen LogP contribution in [0.3, 0.4) is 0 Å². The van der Waals surface area contributed by atoms with Crippen LogP contribution in [0.5, 0.6) is 5.75 Å². The number of benzene rings is 3. The standard InChI is InChI=1S/C30H34BrN3O5S/c1-22(30(36)32-25-8-6-7-9-25)33(20-23-12-18-27(39-2)19-13-23)29(35)21-34(26-16-14-24(31)15-17-26)40(37,38)28-10-4-3-5-11-28/h3-5,10-19,22,25H,6-9,20-21H2,1-2H3,(H,32,36)/t22-/m0/s1. The fraction of sp³-hybridized carbons (Fsp3) is 0.333. The number of methoxy groups -OCH3 is 1. The molecule has 0 radical (unpaired) electrons. The molecule has 0 aliphatic heterocycles. The molecule has 3 aromatic rings. The molecule has 3 aromatic carbocycles. The van der Waals surface area contributed by atoms with Gasteiger partial charge in [-0.1, -0.05) is 59.1 Å². The molecule has 8 nitrogen and oxygen atoms in total. The lowest BCUT2D eigenvalue weighted by Crippen LogP contribution is -2.52. The zero-order valence-electron chi connectivity index (χ0n) is 22.6. The van der Waals surface area contributed by atoms with Gasteiger partial charge in [0.05, 0.1) is 17.7 Å². The summed E-state index contributed by atoms with van der Waals surface area (Å²) < 4.78 is 34.7. The fourth-order valence-electron chi connectivity index (χ4n) is 4.76. The third-order valence-electron chi connectivity index (χ3n) is 7.11. The Morgan fingerprint density at radius 1 is 0.975 bits per heavy atom. The van der Waals surface area contributed by atoms with Crippen LogP contribution in [0.1, 0.15) is 38.2 Å². The summed E-state index contributed by atoms with van der Waals surface area (Å²) in [4.78, 5) is 28.8. The number of amides is 2. The van der Waals surface area contributed by atoms with Crippen molar-refractivity contribution in [3.8, 4) is 5.75 Å². The predicted molar refractivity (Wildman–Crippen MR) is 159 cm³/mol. The molecule has 1 aliphatic carbocycles. The number of rotatable bonds is 11. The van der Waals surface area contributed by atoms with Crippen molar-refractivity contribution in [1.82, 2.24) is 10.2 Å². The molecule has 4 rings (SSSR count). The van der Waals surface area contributed by atoms with Crippen LogP contribution in [-0.2, 0) is 26.2 Å². The van der Waals surface area contributed by atoms with Gasteiger partial charge in [-0.15, -0.1) is 0 Å². The molecule has 0 heterocycles. The van der Waals surface area contributed by atoms with Crippen molar-refractivity contribution in [2.75, 3.05) is 18.0 Å². The minimum Gasteiger partial charge on any atom is -0.497 e. The van der Waals surface area contributed by atoms with E-state index < -0.39 is 28.5 Å². The lowest BCUT2D eigenvalue weighted by atomic mass is 10.1. The highest BCUT2D eigenvalue weighted by atomic mass is 79.9. The van der Waals surface area contributed by atoms with Crippen molar-refractivity contribution >= 4 is 43.5 Å². The molecule has 0 aromatic heterocycles. The molecule has 1 aliphatic rings. The molecule has 0 spiro atoms. The lowest BCUT2D eigenvalue weighted by Gasteiger charge is -2.32. The fourth-order valence-corrected chi connectivity index (χ4v) is 6.46. The van der Waals surface area contributed by atoms with Crippen LogP contribution in [-0.4, -0.2) is 50.9 Å². The topological polar surface area (TPSA) is 96.0 Å². The van der Waals surface area contributed by atoms with Gasteiger partial charge in [0.2, 0.25) is 11.8 Å². The number of halogens is 1. The molecular weight excluding hydrogens is 594 g/mol. The lowest BCUT2D eigenvalue weighted by molar-refractivity contribution is -0.139. The molecule has 0 bridgehead atoms. The Bertz CT molecular complexity index is 1390. The van der Waals surface area contributed by atoms with E-state index in [1.54, 1.807) is 68.6 Å². The zero-order chi connectivity index (χ0) is 28.7. The van der Waals surface area contributed by atoms with Crippen molar-refractivity contribution in [3.05, 3.63) is 88.9 Å². The number of nitrogens with one attached hydrogen (secondary N) is 1. The maximum atomic E-state index is 14.0. The van der Waals surface area contributed by atoms with Crippen LogP contribution in [0.25, 0.3) is 0 Å². The first-order valence-corrected chi connectivity index (χ1v) is 15.5. The molecule has 1 fully saturated rings. The Hall–Kier alpha value is -3.37. The van der Waals surface area contributed by atoms with Crippen molar-refractivity contribution in [2.24, 2.45) is 0 Å². The normalized spacial score (nSPS) is 14.4. The van der Waals surface area contributed by atoms with Crippen LogP contribution >= 0.6 is 15.9 Å². The van der Waals surface area contributed by atoms with E-state index in [-0.39, 0.29) is 23.4 Å². The van der Waals surface area contributed by atoms with Crippen molar-refractivity contribution in [2.45, 2.75) is 56.1 Å². The van der Waals surface area contributed by atoms with E-state index in [0.717, 1.165) is 40.0 Å². The van der Waals surface area contributed by atoms with E-state index in [9.17, 15) is 18.0 Å². The molecule has 0 unspecified atom stereocenters. The van der Waals surface area contributed by atoms with Gasteiger partial charge < -0.3 is 15.0 Å². The number of anilines is 1. The highest BCUT2D eigenvalue weighted by Gasteiger charge is 2.33. The average molecular weight is 629 g/mol. The van der Waals surface area contributed by atoms with Gasteiger partial charge in [-0.25, -0.2) is 8.42 Å². The van der Waals surface area contributed by atoms with Crippen molar-refractivity contribution < 1.29 is 22.7 Å². The van der Waals surface area contributed by atoms with Crippen LogP contribution in [0.4, 0.5) is 5.69 Å². The van der Waals surface area contributed by atoms with Gasteiger partial charge in [-0.2, -0.15) is 0 Å². The molecule has 1 saturated carbocycles. The molecule has 212 valence electrons. The van der Waals surface area contributed by atoms with Crippen LogP contribution < -0.4 is 14.4 Å². The number of ether oxygens (including phenoxy) is 1. The van der Waals surface area contributed by atoms with Crippen LogP contribution in [0, 0.1) is 0 Å². The number of carbonyl (C=O) groups excluding carboxylic acids is 2. The SMILES string of the molecule is COc1ccc(CN(C(=O)CN(c2ccc(Br)cc2)S(=O)(=O)c2ccccc2)[C@@H](C)C(=O)NC2CCCC2)cc1. The van der Waals surface area contributed by atoms with Crippen LogP contribution in [0.15, 0.2) is 88.2 Å². The maximum absolute atomic E-state index is 14.0. The Kier molecular flexibility index (Phi) is 9.86. The molecular formula is C30H34BrN3O5S. The highest BCUT2D eigenvalue weighted by Crippen LogP contribution is 2.26. The molecule has 1 atom stereocenters. The number of sulfonamides is 1. The summed E-state index contributed by atoms with van der Waals surface area (Å²) in [5, 5.41) is 3.08. The number of carbonyl (C=O) groups is 2. The van der Waals surface area contributed by atoms with Gasteiger partial charge >= 0.3 is 0 Å². The first kappa shape index (κ1) is 29.6. The van der Waals surface area contributed by atoms with Crippen molar-refractivity contribution in [3.63, 3.8) is 0 Å². The Balaban J connectivity index is 1.66. The van der Waals surface area contributed by atoms with Gasteiger partial charge in [0.1, 0.15) is 18.3 Å². The van der Waals surface area contributed by atoms with E-state index in [1.165, 1.54) is 17.0 Å². The van der Waals surface area contributed by atoms with E-state index in [0.29, 0.717) is 11.4 Å². The smallest absolute Gasteiger partial charge is 0.264 e. The summed E-state index contributed by atoms with van der Waals surface area (Å²) in [6.07, 6.45) is 3.95. The van der Waals surface area contributed by atoms with Gasteiger partial charge in [0.25, 0.3) is 10.0 Å². The highest BCUT2D eigenvalue weighted by molar-refractivity contribution is 9.10. The first-order valence-electron chi connectivity index (χ1n) is 13.2. The van der Waals surface area contributed by atoms with E-state index >= 15 is 0 Å². The summed E-state index contributed by atoms with van der Waals surface area (Å²) in [5.74, 6) is -0.0776. The molecule has 1 N–H and O–H groups in total. The third-order valence-corrected chi connectivity index (χ3v) is 9.42. The summed E-state index contributed by atoms with van der Waals surface area (Å²) in [5.41, 5.74) is 1.13. The largest absolute Gasteiger partial charge is 0.497 e. The molecule has 0 saturated heterocycles. The second-order valence-corrected chi connectivity index (χ2v) is 12.6. The molecule has 2 amide bonds. The van der Waals surface area contributed by atoms with Gasteiger partial charge in [0, 0.05) is 17.1 Å². The van der Waals surface area contributed by atoms with Crippen LogP contribution in [0.2, 0.25) is 0 Å². The summed E-state index contributed by atoms with van der Waals surface area (Å²) in [6, 6.07) is 21.2. The summed E-state index contributed by atoms with van der Waals surface area (Å²) in [6.45, 7) is 1.33. The summed E-state index contributed by atoms with van der Waals surface area (Å²) in [7, 11) is -2.52. The Morgan fingerprint density at radius 3 is 2.20 bits per heavy atom. The Morgan fingerprint density at radius 2 is 1.60 bits per heavy atom.